The topological polar surface area (TPSA) is 137 Å². The number of phenolic OH excluding ortho intramolecular Hbond substituents is 4. The Balaban J connectivity index is 2.11. The predicted octanol–water partition coefficient (Wildman–Crippen LogP) is 1.33. The molecule has 0 saturated carbocycles. The summed E-state index contributed by atoms with van der Waals surface area (Å²) in [6.45, 7) is 0. The number of hydrogen-bond acceptors (Lipinski definition) is 8. The summed E-state index contributed by atoms with van der Waals surface area (Å²) in [6.07, 6.45) is -0.566. The number of fused-ring (bicyclic) bond motifs is 1. The normalized spacial score (nSPS) is 19.5. The summed E-state index contributed by atoms with van der Waals surface area (Å²) in [4.78, 5) is 12.3. The van der Waals surface area contributed by atoms with Crippen molar-refractivity contribution in [2.45, 2.75) is 12.2 Å². The van der Waals surface area contributed by atoms with Crippen LogP contribution in [0.4, 0.5) is 0 Å². The largest absolute Gasteiger partial charge is 0.508 e. The summed E-state index contributed by atoms with van der Waals surface area (Å²) in [6, 6.07) is 4.22. The van der Waals surface area contributed by atoms with Gasteiger partial charge in [0, 0.05) is 17.7 Å². The summed E-state index contributed by atoms with van der Waals surface area (Å²) < 4.78 is 10.2. The molecule has 8 heteroatoms. The predicted molar refractivity (Wildman–Crippen MR) is 79.6 cm³/mol. The minimum absolute atomic E-state index is 0.0971. The van der Waals surface area contributed by atoms with Crippen molar-refractivity contribution in [3.05, 3.63) is 35.4 Å². The Morgan fingerprint density at radius 2 is 1.67 bits per heavy atom. The van der Waals surface area contributed by atoms with Crippen LogP contribution in [0.2, 0.25) is 0 Å². The molecule has 0 bridgehead atoms. The molecular weight excluding hydrogens is 320 g/mol. The van der Waals surface area contributed by atoms with Crippen molar-refractivity contribution in [1.82, 2.24) is 0 Å². The van der Waals surface area contributed by atoms with Crippen molar-refractivity contribution < 1.29 is 39.8 Å². The van der Waals surface area contributed by atoms with Gasteiger partial charge in [-0.15, -0.1) is 0 Å². The number of Topliss-reactive ketones (excluding diaryl/α,β-unsaturated/α-hetero) is 1. The van der Waals surface area contributed by atoms with Crippen molar-refractivity contribution in [1.29, 1.82) is 0 Å². The van der Waals surface area contributed by atoms with Crippen LogP contribution >= 0.6 is 0 Å². The fraction of sp³-hybridized carbons (Fsp3) is 0.188. The number of aliphatic hydroxyl groups is 1. The average Bonchev–Trinajstić information content (AvgIpc) is 2.45. The molecule has 5 N–H and O–H groups in total. The molecule has 3 rings (SSSR count). The van der Waals surface area contributed by atoms with Gasteiger partial charge in [-0.25, -0.2) is 0 Å². The standard InChI is InChI=1S/C16H14O8/c1-23-15-10(19)2-7(3-11(15)20)16(22)6-12(21)14-9(18)4-8(17)5-13(14)24-16/h2-5,17-20,22H,6H2,1H3. The van der Waals surface area contributed by atoms with Gasteiger partial charge in [0.05, 0.1) is 13.5 Å². The number of benzene rings is 2. The number of ether oxygens (including phenoxy) is 2. The maximum Gasteiger partial charge on any atom is 0.242 e. The highest BCUT2D eigenvalue weighted by Gasteiger charge is 2.43. The third kappa shape index (κ3) is 2.33. The zero-order valence-corrected chi connectivity index (χ0v) is 12.5. The Bertz CT molecular complexity index is 821. The molecule has 1 heterocycles. The molecule has 0 fully saturated rings. The van der Waals surface area contributed by atoms with Crippen LogP contribution in [0.15, 0.2) is 24.3 Å². The molecule has 2 aromatic rings. The van der Waals surface area contributed by atoms with Crippen LogP contribution in [0.5, 0.6) is 34.5 Å². The monoisotopic (exact) mass is 334 g/mol. The van der Waals surface area contributed by atoms with E-state index in [0.717, 1.165) is 24.3 Å². The zero-order chi connectivity index (χ0) is 17.6. The molecule has 24 heavy (non-hydrogen) atoms. The van der Waals surface area contributed by atoms with E-state index in [1.54, 1.807) is 0 Å². The number of carbonyl (C=O) groups is 1. The van der Waals surface area contributed by atoms with Gasteiger partial charge in [-0.2, -0.15) is 0 Å². The highest BCUT2D eigenvalue weighted by Crippen LogP contribution is 2.46. The van der Waals surface area contributed by atoms with Gasteiger partial charge in [-0.05, 0) is 12.1 Å². The average molecular weight is 334 g/mol. The van der Waals surface area contributed by atoms with E-state index < -0.39 is 35.2 Å². The second-order valence-electron chi connectivity index (χ2n) is 5.37. The van der Waals surface area contributed by atoms with E-state index in [1.807, 2.05) is 0 Å². The number of methoxy groups -OCH3 is 1. The zero-order valence-electron chi connectivity index (χ0n) is 12.5. The third-order valence-corrected chi connectivity index (χ3v) is 3.73. The fourth-order valence-corrected chi connectivity index (χ4v) is 2.67. The smallest absolute Gasteiger partial charge is 0.242 e. The molecule has 8 nitrogen and oxygen atoms in total. The quantitative estimate of drug-likeness (QED) is 0.555. The molecule has 0 radical (unpaired) electrons. The van der Waals surface area contributed by atoms with E-state index in [1.165, 1.54) is 7.11 Å². The van der Waals surface area contributed by atoms with Gasteiger partial charge in [0.1, 0.15) is 22.8 Å². The molecular formula is C16H14O8. The lowest BCUT2D eigenvalue weighted by atomic mass is 9.92. The van der Waals surface area contributed by atoms with E-state index in [4.69, 9.17) is 9.47 Å². The number of carbonyl (C=O) groups excluding carboxylic acids is 1. The number of rotatable bonds is 2. The van der Waals surface area contributed by atoms with Crippen molar-refractivity contribution in [3.63, 3.8) is 0 Å². The van der Waals surface area contributed by atoms with E-state index in [-0.39, 0.29) is 28.4 Å². The fourth-order valence-electron chi connectivity index (χ4n) is 2.67. The maximum absolute atomic E-state index is 12.3. The molecule has 1 unspecified atom stereocenters. The first-order valence-corrected chi connectivity index (χ1v) is 6.86. The molecule has 0 saturated heterocycles. The van der Waals surface area contributed by atoms with Crippen LogP contribution in [0.25, 0.3) is 0 Å². The van der Waals surface area contributed by atoms with E-state index >= 15 is 0 Å². The maximum atomic E-state index is 12.3. The molecule has 2 aromatic carbocycles. The lowest BCUT2D eigenvalue weighted by molar-refractivity contribution is -0.147. The Morgan fingerprint density at radius 3 is 2.25 bits per heavy atom. The third-order valence-electron chi connectivity index (χ3n) is 3.73. The van der Waals surface area contributed by atoms with Crippen LogP contribution in [0.3, 0.4) is 0 Å². The van der Waals surface area contributed by atoms with Gasteiger partial charge in [-0.1, -0.05) is 0 Å². The van der Waals surface area contributed by atoms with Crippen molar-refractivity contribution in [2.75, 3.05) is 7.11 Å². The minimum atomic E-state index is -2.20. The molecule has 1 aliphatic rings. The highest BCUT2D eigenvalue weighted by atomic mass is 16.6. The number of ketones is 1. The lowest BCUT2D eigenvalue weighted by Crippen LogP contribution is -2.39. The Morgan fingerprint density at radius 1 is 1.04 bits per heavy atom. The van der Waals surface area contributed by atoms with Gasteiger partial charge in [0.25, 0.3) is 0 Å². The van der Waals surface area contributed by atoms with Gasteiger partial charge < -0.3 is 35.0 Å². The number of phenols is 4. The van der Waals surface area contributed by atoms with Crippen LogP contribution in [0, 0.1) is 0 Å². The van der Waals surface area contributed by atoms with Gasteiger partial charge in [-0.3, -0.25) is 4.79 Å². The SMILES string of the molecule is COc1c(O)cc(C2(O)CC(=O)c3c(O)cc(O)cc3O2)cc1O. The molecule has 0 amide bonds. The molecule has 1 atom stereocenters. The summed E-state index contributed by atoms with van der Waals surface area (Å²) in [5.41, 5.74) is -0.264. The van der Waals surface area contributed by atoms with Gasteiger partial charge >= 0.3 is 0 Å². The Hall–Kier alpha value is -3.13. The first-order chi connectivity index (χ1) is 11.2. The number of aromatic hydroxyl groups is 4. The second kappa shape index (κ2) is 5.20. The van der Waals surface area contributed by atoms with Crippen LogP contribution < -0.4 is 9.47 Å². The van der Waals surface area contributed by atoms with Crippen molar-refractivity contribution >= 4 is 5.78 Å². The Labute approximate surface area is 135 Å². The first kappa shape index (κ1) is 15.8. The van der Waals surface area contributed by atoms with E-state index in [9.17, 15) is 30.3 Å². The molecule has 126 valence electrons. The first-order valence-electron chi connectivity index (χ1n) is 6.86. The summed E-state index contributed by atoms with van der Waals surface area (Å²) in [7, 11) is 1.24. The summed E-state index contributed by atoms with van der Waals surface area (Å²) in [5.74, 6) is -5.00. The van der Waals surface area contributed by atoms with E-state index in [0.29, 0.717) is 0 Å². The van der Waals surface area contributed by atoms with Gasteiger partial charge in [0.15, 0.2) is 17.3 Å². The molecule has 0 spiro atoms. The summed E-state index contributed by atoms with van der Waals surface area (Å²) in [5, 5.41) is 49.7. The van der Waals surface area contributed by atoms with Crippen molar-refractivity contribution in [3.8, 4) is 34.5 Å². The van der Waals surface area contributed by atoms with Crippen LogP contribution in [0.1, 0.15) is 22.3 Å². The van der Waals surface area contributed by atoms with Crippen molar-refractivity contribution in [2.24, 2.45) is 0 Å². The van der Waals surface area contributed by atoms with Crippen LogP contribution in [-0.2, 0) is 5.79 Å². The highest BCUT2D eigenvalue weighted by molar-refractivity contribution is 6.03. The van der Waals surface area contributed by atoms with E-state index in [2.05, 4.69) is 0 Å². The number of hydrogen-bond donors (Lipinski definition) is 5. The molecule has 0 aromatic heterocycles. The summed E-state index contributed by atoms with van der Waals surface area (Å²) >= 11 is 0. The molecule has 1 aliphatic heterocycles. The lowest BCUT2D eigenvalue weighted by Gasteiger charge is -2.34. The minimum Gasteiger partial charge on any atom is -0.508 e. The van der Waals surface area contributed by atoms with Crippen LogP contribution in [-0.4, -0.2) is 38.4 Å². The second-order valence-corrected chi connectivity index (χ2v) is 5.37. The van der Waals surface area contributed by atoms with Gasteiger partial charge in [0.2, 0.25) is 11.5 Å². The Kier molecular flexibility index (Phi) is 3.42. The molecule has 0 aliphatic carbocycles.